The summed E-state index contributed by atoms with van der Waals surface area (Å²) in [5, 5.41) is 4.02. The fraction of sp³-hybridized carbons (Fsp3) is 0.357. The van der Waals surface area contributed by atoms with E-state index in [1.807, 2.05) is 39.0 Å². The van der Waals surface area contributed by atoms with Crippen LogP contribution in [0.5, 0.6) is 0 Å². The molecule has 0 aliphatic heterocycles. The Morgan fingerprint density at radius 1 is 1.32 bits per heavy atom. The third-order valence-electron chi connectivity index (χ3n) is 3.06. The van der Waals surface area contributed by atoms with E-state index in [0.717, 1.165) is 16.5 Å². The number of nitrogens with two attached hydrogens (primary N) is 1. The molecule has 0 aliphatic rings. The second kappa shape index (κ2) is 5.22. The smallest absolute Gasteiger partial charge is 0.240 e. The molecule has 0 bridgehead atoms. The van der Waals surface area contributed by atoms with Crippen LogP contribution in [0.1, 0.15) is 19.4 Å². The Labute approximate surface area is 112 Å². The van der Waals surface area contributed by atoms with Gasteiger partial charge in [-0.3, -0.25) is 4.79 Å². The molecule has 0 spiro atoms. The van der Waals surface area contributed by atoms with Gasteiger partial charge in [0.25, 0.3) is 0 Å². The molecule has 1 heterocycles. The van der Waals surface area contributed by atoms with E-state index < -0.39 is 6.04 Å². The number of nitrogens with zero attached hydrogens (tertiary/aromatic N) is 2. The summed E-state index contributed by atoms with van der Waals surface area (Å²) in [5.74, 6) is 0.355. The Morgan fingerprint density at radius 3 is 2.68 bits per heavy atom. The topological polar surface area (TPSA) is 80.9 Å². The third-order valence-corrected chi connectivity index (χ3v) is 3.06. The predicted octanol–water partition coefficient (Wildman–Crippen LogP) is 1.86. The second-order valence-corrected chi connectivity index (χ2v) is 5.01. The molecule has 1 unspecified atom stereocenters. The SMILES string of the molecule is Cc1ccc2ncnc(NC(C(N)=O)C(C)C)c2c1. The summed E-state index contributed by atoms with van der Waals surface area (Å²) < 4.78 is 0. The number of primary amides is 1. The van der Waals surface area contributed by atoms with Crippen molar-refractivity contribution in [1.29, 1.82) is 0 Å². The Bertz CT molecular complexity index is 609. The number of aromatic nitrogens is 2. The van der Waals surface area contributed by atoms with E-state index in [9.17, 15) is 4.79 Å². The van der Waals surface area contributed by atoms with Crippen LogP contribution in [0.4, 0.5) is 5.82 Å². The van der Waals surface area contributed by atoms with E-state index in [2.05, 4.69) is 15.3 Å². The van der Waals surface area contributed by atoms with E-state index in [0.29, 0.717) is 5.82 Å². The van der Waals surface area contributed by atoms with Crippen molar-refractivity contribution in [2.24, 2.45) is 11.7 Å². The van der Waals surface area contributed by atoms with Gasteiger partial charge in [0.1, 0.15) is 18.2 Å². The average molecular weight is 258 g/mol. The van der Waals surface area contributed by atoms with Crippen molar-refractivity contribution < 1.29 is 4.79 Å². The molecule has 2 rings (SSSR count). The number of carbonyl (C=O) groups is 1. The van der Waals surface area contributed by atoms with Gasteiger partial charge in [0, 0.05) is 5.39 Å². The van der Waals surface area contributed by atoms with Crippen LogP contribution >= 0.6 is 0 Å². The number of hydrogen-bond acceptors (Lipinski definition) is 4. The lowest BCUT2D eigenvalue weighted by molar-refractivity contribution is -0.119. The van der Waals surface area contributed by atoms with E-state index in [1.165, 1.54) is 6.33 Å². The minimum absolute atomic E-state index is 0.0901. The molecule has 100 valence electrons. The highest BCUT2D eigenvalue weighted by Gasteiger charge is 2.20. The first-order valence-electron chi connectivity index (χ1n) is 6.26. The van der Waals surface area contributed by atoms with Crippen LogP contribution in [0.15, 0.2) is 24.5 Å². The first kappa shape index (κ1) is 13.3. The monoisotopic (exact) mass is 258 g/mol. The van der Waals surface area contributed by atoms with E-state index in [4.69, 9.17) is 5.73 Å². The molecular weight excluding hydrogens is 240 g/mol. The van der Waals surface area contributed by atoms with Crippen LogP contribution in [0.3, 0.4) is 0 Å². The zero-order chi connectivity index (χ0) is 14.0. The van der Waals surface area contributed by atoms with Crippen molar-refractivity contribution in [3.63, 3.8) is 0 Å². The maximum Gasteiger partial charge on any atom is 0.240 e. The van der Waals surface area contributed by atoms with Crippen LogP contribution in [0.2, 0.25) is 0 Å². The van der Waals surface area contributed by atoms with Crippen molar-refractivity contribution in [3.8, 4) is 0 Å². The molecular formula is C14H18N4O. The van der Waals surface area contributed by atoms with E-state index in [-0.39, 0.29) is 11.8 Å². The molecule has 1 aromatic heterocycles. The van der Waals surface area contributed by atoms with Crippen LogP contribution in [0.25, 0.3) is 10.9 Å². The van der Waals surface area contributed by atoms with Crippen molar-refractivity contribution >= 4 is 22.6 Å². The summed E-state index contributed by atoms with van der Waals surface area (Å²) in [6, 6.07) is 5.48. The molecule has 0 saturated carbocycles. The molecule has 0 aliphatic carbocycles. The van der Waals surface area contributed by atoms with E-state index >= 15 is 0 Å². The van der Waals surface area contributed by atoms with Gasteiger partial charge >= 0.3 is 0 Å². The zero-order valence-electron chi connectivity index (χ0n) is 11.3. The number of amides is 1. The number of fused-ring (bicyclic) bond motifs is 1. The number of nitrogens with one attached hydrogen (secondary N) is 1. The predicted molar refractivity (Wildman–Crippen MR) is 75.7 cm³/mol. The lowest BCUT2D eigenvalue weighted by Gasteiger charge is -2.20. The van der Waals surface area contributed by atoms with Crippen LogP contribution < -0.4 is 11.1 Å². The second-order valence-electron chi connectivity index (χ2n) is 5.01. The molecule has 0 saturated heterocycles. The Morgan fingerprint density at radius 2 is 2.05 bits per heavy atom. The maximum atomic E-state index is 11.5. The summed E-state index contributed by atoms with van der Waals surface area (Å²) >= 11 is 0. The lowest BCUT2D eigenvalue weighted by Crippen LogP contribution is -2.39. The zero-order valence-corrected chi connectivity index (χ0v) is 11.3. The summed E-state index contributed by atoms with van der Waals surface area (Å²) in [7, 11) is 0. The maximum absolute atomic E-state index is 11.5. The minimum atomic E-state index is -0.446. The average Bonchev–Trinajstić information content (AvgIpc) is 2.35. The largest absolute Gasteiger partial charge is 0.368 e. The highest BCUT2D eigenvalue weighted by molar-refractivity contribution is 5.92. The number of hydrogen-bond donors (Lipinski definition) is 2. The van der Waals surface area contributed by atoms with Crippen molar-refractivity contribution in [1.82, 2.24) is 9.97 Å². The summed E-state index contributed by atoms with van der Waals surface area (Å²) in [6.45, 7) is 5.89. The molecule has 2 aromatic rings. The van der Waals surface area contributed by atoms with Crippen molar-refractivity contribution in [2.75, 3.05) is 5.32 Å². The van der Waals surface area contributed by atoms with Gasteiger partial charge in [0.2, 0.25) is 5.91 Å². The number of rotatable bonds is 4. The highest BCUT2D eigenvalue weighted by Crippen LogP contribution is 2.22. The Balaban J connectivity index is 2.44. The van der Waals surface area contributed by atoms with Gasteiger partial charge < -0.3 is 11.1 Å². The Kier molecular flexibility index (Phi) is 3.64. The molecule has 0 fully saturated rings. The van der Waals surface area contributed by atoms with Crippen molar-refractivity contribution in [3.05, 3.63) is 30.1 Å². The normalized spacial score (nSPS) is 12.6. The van der Waals surface area contributed by atoms with Gasteiger partial charge in [0.15, 0.2) is 0 Å². The van der Waals surface area contributed by atoms with Gasteiger partial charge in [0.05, 0.1) is 5.52 Å². The minimum Gasteiger partial charge on any atom is -0.368 e. The van der Waals surface area contributed by atoms with Gasteiger partial charge in [-0.15, -0.1) is 0 Å². The van der Waals surface area contributed by atoms with Gasteiger partial charge in [-0.2, -0.15) is 0 Å². The molecule has 19 heavy (non-hydrogen) atoms. The van der Waals surface area contributed by atoms with Gasteiger partial charge in [-0.05, 0) is 25.0 Å². The molecule has 5 heteroatoms. The van der Waals surface area contributed by atoms with Crippen LogP contribution in [0, 0.1) is 12.8 Å². The lowest BCUT2D eigenvalue weighted by atomic mass is 10.0. The van der Waals surface area contributed by atoms with Crippen LogP contribution in [-0.4, -0.2) is 21.9 Å². The molecule has 3 N–H and O–H groups in total. The fourth-order valence-electron chi connectivity index (χ4n) is 2.00. The molecule has 1 amide bonds. The first-order valence-corrected chi connectivity index (χ1v) is 6.26. The quantitative estimate of drug-likeness (QED) is 0.877. The molecule has 1 atom stereocenters. The molecule has 5 nitrogen and oxygen atoms in total. The fourth-order valence-corrected chi connectivity index (χ4v) is 2.00. The number of benzene rings is 1. The van der Waals surface area contributed by atoms with Crippen molar-refractivity contribution in [2.45, 2.75) is 26.8 Å². The Hall–Kier alpha value is -2.17. The van der Waals surface area contributed by atoms with E-state index in [1.54, 1.807) is 0 Å². The third kappa shape index (κ3) is 2.81. The number of carbonyl (C=O) groups excluding carboxylic acids is 1. The number of anilines is 1. The summed E-state index contributed by atoms with van der Waals surface area (Å²) in [5.41, 5.74) is 7.37. The van der Waals surface area contributed by atoms with Crippen LogP contribution in [-0.2, 0) is 4.79 Å². The van der Waals surface area contributed by atoms with Gasteiger partial charge in [-0.25, -0.2) is 9.97 Å². The molecule has 0 radical (unpaired) electrons. The standard InChI is InChI=1S/C14H18N4O/c1-8(2)12(13(15)19)18-14-10-6-9(3)4-5-11(10)16-7-17-14/h4-8,12H,1-3H3,(H2,15,19)(H,16,17,18). The first-order chi connectivity index (χ1) is 8.99. The number of aryl methyl sites for hydroxylation is 1. The summed E-state index contributed by atoms with van der Waals surface area (Å²) in [4.78, 5) is 19.9. The molecule has 1 aromatic carbocycles. The van der Waals surface area contributed by atoms with Gasteiger partial charge in [-0.1, -0.05) is 25.5 Å². The highest BCUT2D eigenvalue weighted by atomic mass is 16.1. The summed E-state index contributed by atoms with van der Waals surface area (Å²) in [6.07, 6.45) is 1.48.